The monoisotopic (exact) mass is 316 g/mol. The first-order valence-corrected chi connectivity index (χ1v) is 6.92. The van der Waals surface area contributed by atoms with Crippen molar-refractivity contribution in [2.45, 2.75) is 12.8 Å². The van der Waals surface area contributed by atoms with Gasteiger partial charge in [-0.15, -0.1) is 12.8 Å². The summed E-state index contributed by atoms with van der Waals surface area (Å²) in [6.45, 7) is 0. The molecule has 0 aliphatic heterocycles. The summed E-state index contributed by atoms with van der Waals surface area (Å²) in [5, 5.41) is 0. The fourth-order valence-electron chi connectivity index (χ4n) is 0.680. The molecule has 0 aromatic heterocycles. The topological polar surface area (TPSA) is 0 Å². The van der Waals surface area contributed by atoms with E-state index >= 15 is 0 Å². The molecule has 2 heteroatoms. The quantitative estimate of drug-likeness (QED) is 0.474. The molecule has 0 nitrogen and oxygen atoms in total. The Hall–Kier alpha value is 0.196. The third-order valence-electron chi connectivity index (χ3n) is 1.17. The molecule has 0 aromatic rings. The number of hydrogen-bond acceptors (Lipinski definition) is 0. The Morgan fingerprint density at radius 3 is 1.42 bits per heavy atom. The third-order valence-corrected chi connectivity index (χ3v) is 1.17. The van der Waals surface area contributed by atoms with Crippen molar-refractivity contribution in [2.24, 2.45) is 0 Å². The van der Waals surface area contributed by atoms with Gasteiger partial charge in [-0.1, -0.05) is 0 Å². The number of rotatable bonds is 0. The zero-order chi connectivity index (χ0) is 9.07. The van der Waals surface area contributed by atoms with Gasteiger partial charge < -0.3 is 0 Å². The van der Waals surface area contributed by atoms with Crippen LogP contribution in [0.4, 0.5) is 0 Å². The minimum absolute atomic E-state index is 1.01. The second-order valence-corrected chi connectivity index (χ2v) is 2.01. The molecule has 66 valence electrons. The molecule has 0 unspecified atom stereocenters. The van der Waals surface area contributed by atoms with Crippen LogP contribution in [0.2, 0.25) is 0 Å². The molecule has 0 radical (unpaired) electrons. The Morgan fingerprint density at radius 1 is 0.917 bits per heavy atom. The van der Waals surface area contributed by atoms with Crippen molar-refractivity contribution in [1.82, 2.24) is 0 Å². The summed E-state index contributed by atoms with van der Waals surface area (Å²) in [5.41, 5.74) is 0. The molecule has 0 atom stereocenters. The second kappa shape index (κ2) is 11.2. The molecule has 0 heterocycles. The van der Waals surface area contributed by atoms with E-state index in [1.54, 1.807) is 0 Å². The van der Waals surface area contributed by atoms with Crippen molar-refractivity contribution in [1.29, 1.82) is 0 Å². The molecule has 2 aliphatic carbocycles. The normalized spacial score (nSPS) is 15.2. The summed E-state index contributed by atoms with van der Waals surface area (Å²) in [4.78, 5) is 0. The van der Waals surface area contributed by atoms with Crippen molar-refractivity contribution in [3.63, 3.8) is 0 Å². The fourth-order valence-corrected chi connectivity index (χ4v) is 0.680. The Labute approximate surface area is 93.9 Å². The van der Waals surface area contributed by atoms with Gasteiger partial charge in [0.1, 0.15) is 0 Å². The van der Waals surface area contributed by atoms with Crippen LogP contribution in [0.15, 0.2) is 36.5 Å². The average molecular weight is 316 g/mol. The Kier molecular flexibility index (Phi) is 11.4. The van der Waals surface area contributed by atoms with Gasteiger partial charge in [0.05, 0.1) is 0 Å². The van der Waals surface area contributed by atoms with Crippen LogP contribution in [-0.2, 0) is 12.5 Å². The van der Waals surface area contributed by atoms with Crippen LogP contribution < -0.4 is 0 Å². The predicted molar refractivity (Wildman–Crippen MR) is 57.2 cm³/mol. The number of halogens is 1. The molecule has 0 fully saturated rings. The van der Waals surface area contributed by atoms with Crippen LogP contribution in [0.1, 0.15) is 12.8 Å². The molecule has 2 rings (SSSR count). The first-order valence-electron chi connectivity index (χ1n) is 3.56. The van der Waals surface area contributed by atoms with Gasteiger partial charge in [0.2, 0.25) is 0 Å². The molecule has 0 spiro atoms. The summed E-state index contributed by atoms with van der Waals surface area (Å²) < 4.78 is 0. The van der Waals surface area contributed by atoms with Gasteiger partial charge >= 0.3 is 32.9 Å². The molecule has 0 amide bonds. The van der Waals surface area contributed by atoms with Crippen molar-refractivity contribution in [2.75, 3.05) is 0 Å². The molecule has 0 saturated carbocycles. The van der Waals surface area contributed by atoms with Crippen LogP contribution in [0.3, 0.4) is 0 Å². The molecule has 0 N–H and O–H groups in total. The summed E-state index contributed by atoms with van der Waals surface area (Å²) in [6.07, 6.45) is 20.0. The van der Waals surface area contributed by atoms with E-state index in [1.807, 2.05) is 44.7 Å². The summed E-state index contributed by atoms with van der Waals surface area (Å²) in [6, 6.07) is 0. The van der Waals surface area contributed by atoms with Gasteiger partial charge in [0, 0.05) is 0 Å². The Balaban J connectivity index is 0.000000168. The Bertz CT molecular complexity index is 148. The molecular formula is C10H10CoI. The molecule has 0 saturated heterocycles. The first kappa shape index (κ1) is 12.2. The van der Waals surface area contributed by atoms with Gasteiger partial charge in [0.25, 0.3) is 0 Å². The van der Waals surface area contributed by atoms with E-state index in [0.29, 0.717) is 0 Å². The van der Waals surface area contributed by atoms with Crippen LogP contribution >= 0.6 is 20.4 Å². The van der Waals surface area contributed by atoms with E-state index in [0.717, 1.165) is 12.8 Å². The van der Waals surface area contributed by atoms with E-state index in [9.17, 15) is 0 Å². The van der Waals surface area contributed by atoms with Crippen LogP contribution in [0.25, 0.3) is 0 Å². The standard InChI is InChI=1S/2C5H5.Co.HI/c2*1-2-4-5-3-1;;/h2*1-3H,4H2;;1H/q2*-1;+3;/p-1. The number of hydrogen-bond donors (Lipinski definition) is 0. The van der Waals surface area contributed by atoms with Gasteiger partial charge in [-0.25, -0.2) is 24.3 Å². The number of allylic oxidation sites excluding steroid dienone is 8. The van der Waals surface area contributed by atoms with Gasteiger partial charge in [-0.2, -0.15) is 12.2 Å². The SMILES string of the molecule is [C-]1=CC=CC1.[C-]1=CC=CC1.[Co+2][I]. The van der Waals surface area contributed by atoms with E-state index in [-0.39, 0.29) is 0 Å². The fraction of sp³-hybridized carbons (Fsp3) is 0.200. The van der Waals surface area contributed by atoms with E-state index in [1.165, 1.54) is 0 Å². The summed E-state index contributed by atoms with van der Waals surface area (Å²) >= 11 is 5.37. The van der Waals surface area contributed by atoms with Crippen molar-refractivity contribution in [3.8, 4) is 0 Å². The third kappa shape index (κ3) is 8.29. The minimum atomic E-state index is 1.01. The van der Waals surface area contributed by atoms with E-state index < -0.39 is 0 Å². The second-order valence-electron chi connectivity index (χ2n) is 2.01. The summed E-state index contributed by atoms with van der Waals surface area (Å²) in [5.74, 6) is 0. The maximum absolute atomic E-state index is 3.53. The maximum atomic E-state index is 3.53. The van der Waals surface area contributed by atoms with Gasteiger partial charge in [-0.05, 0) is 0 Å². The molecule has 0 aromatic carbocycles. The zero-order valence-electron chi connectivity index (χ0n) is 6.59. The van der Waals surface area contributed by atoms with Crippen molar-refractivity contribution < 1.29 is 12.5 Å². The molecule has 12 heavy (non-hydrogen) atoms. The molecular weight excluding hydrogens is 306 g/mol. The molecule has 0 bridgehead atoms. The Morgan fingerprint density at radius 2 is 1.33 bits per heavy atom. The van der Waals surface area contributed by atoms with Crippen LogP contribution in [0.5, 0.6) is 0 Å². The zero-order valence-corrected chi connectivity index (χ0v) is 9.79. The van der Waals surface area contributed by atoms with Crippen molar-refractivity contribution >= 4 is 20.4 Å². The van der Waals surface area contributed by atoms with E-state index in [2.05, 4.69) is 36.8 Å². The van der Waals surface area contributed by atoms with Gasteiger partial charge in [0.15, 0.2) is 0 Å². The van der Waals surface area contributed by atoms with Crippen LogP contribution in [-0.4, -0.2) is 0 Å². The van der Waals surface area contributed by atoms with Gasteiger partial charge in [-0.3, -0.25) is 12.2 Å². The van der Waals surface area contributed by atoms with Crippen molar-refractivity contribution in [3.05, 3.63) is 48.6 Å². The van der Waals surface area contributed by atoms with E-state index in [4.69, 9.17) is 0 Å². The average Bonchev–Trinajstić information content (AvgIpc) is 2.87. The van der Waals surface area contributed by atoms with Crippen LogP contribution in [0, 0.1) is 12.2 Å². The summed E-state index contributed by atoms with van der Waals surface area (Å²) in [7, 11) is 0. The molecule has 2 aliphatic rings. The predicted octanol–water partition coefficient (Wildman–Crippen LogP) is 3.49. The first-order chi connectivity index (χ1) is 6.00.